The van der Waals surface area contributed by atoms with E-state index in [9.17, 15) is 14.4 Å². The summed E-state index contributed by atoms with van der Waals surface area (Å²) in [7, 11) is 0. The van der Waals surface area contributed by atoms with E-state index >= 15 is 0 Å². The molecule has 6 N–H and O–H groups in total. The maximum Gasteiger partial charge on any atom is 0.304 e. The second kappa shape index (κ2) is 11.0. The third-order valence-corrected chi connectivity index (χ3v) is 4.02. The van der Waals surface area contributed by atoms with Gasteiger partial charge in [0.25, 0.3) is 0 Å². The molecule has 0 radical (unpaired) electrons. The Bertz CT molecular complexity index is 364. The Morgan fingerprint density at radius 2 is 0.875 bits per heavy atom. The van der Waals surface area contributed by atoms with Gasteiger partial charge in [-0.2, -0.15) is 0 Å². The lowest BCUT2D eigenvalue weighted by Crippen LogP contribution is -2.51. The van der Waals surface area contributed by atoms with Crippen molar-refractivity contribution in [2.75, 3.05) is 19.6 Å². The predicted octanol–water partition coefficient (Wildman–Crippen LogP) is -0.531. The normalized spacial score (nSPS) is 23.8. The molecule has 0 aromatic heterocycles. The number of aliphatic carboxylic acids is 3. The molecule has 0 aliphatic heterocycles. The average molecular weight is 345 g/mol. The zero-order valence-electron chi connectivity index (χ0n) is 13.7. The number of nitrogens with one attached hydrogen (secondary N) is 3. The van der Waals surface area contributed by atoms with E-state index in [1.807, 2.05) is 0 Å². The highest BCUT2D eigenvalue weighted by Crippen LogP contribution is 2.19. The molecule has 0 unspecified atom stereocenters. The van der Waals surface area contributed by atoms with E-state index < -0.39 is 17.9 Å². The van der Waals surface area contributed by atoms with Gasteiger partial charge in [-0.25, -0.2) is 0 Å². The summed E-state index contributed by atoms with van der Waals surface area (Å²) in [6, 6.07) is 0.341. The Hall–Kier alpha value is -1.71. The van der Waals surface area contributed by atoms with E-state index in [2.05, 4.69) is 16.0 Å². The minimum absolute atomic E-state index is 0.0463. The standard InChI is InChI=1S/C15H27N3O6/c19-13(20)1-4-16-10-7-11(17-5-2-14(21)22)9-12(8-10)18-6-3-15(23)24/h10-12,16-18H,1-9H2,(H,19,20)(H,21,22)(H,23,24). The molecule has 1 aliphatic rings. The first-order chi connectivity index (χ1) is 11.4. The number of carboxylic acids is 3. The van der Waals surface area contributed by atoms with Gasteiger partial charge in [-0.15, -0.1) is 0 Å². The van der Waals surface area contributed by atoms with Crippen LogP contribution in [0.5, 0.6) is 0 Å². The molecule has 1 aliphatic carbocycles. The molecule has 138 valence electrons. The van der Waals surface area contributed by atoms with Crippen LogP contribution in [0.25, 0.3) is 0 Å². The summed E-state index contributed by atoms with van der Waals surface area (Å²) < 4.78 is 0. The van der Waals surface area contributed by atoms with Gasteiger partial charge in [0.05, 0.1) is 19.3 Å². The summed E-state index contributed by atoms with van der Waals surface area (Å²) in [6.45, 7) is 1.14. The van der Waals surface area contributed by atoms with Gasteiger partial charge in [-0.05, 0) is 19.3 Å². The topological polar surface area (TPSA) is 148 Å². The molecule has 1 saturated carbocycles. The largest absolute Gasteiger partial charge is 0.481 e. The van der Waals surface area contributed by atoms with E-state index in [0.717, 1.165) is 19.3 Å². The van der Waals surface area contributed by atoms with Crippen LogP contribution in [0.1, 0.15) is 38.5 Å². The number of hydrogen-bond donors (Lipinski definition) is 6. The maximum absolute atomic E-state index is 10.6. The molecule has 0 amide bonds. The molecular formula is C15H27N3O6. The summed E-state index contributed by atoms with van der Waals surface area (Å²) >= 11 is 0. The van der Waals surface area contributed by atoms with Gasteiger partial charge in [-0.1, -0.05) is 0 Å². The zero-order valence-corrected chi connectivity index (χ0v) is 13.7. The summed E-state index contributed by atoms with van der Waals surface area (Å²) in [4.78, 5) is 31.8. The third-order valence-electron chi connectivity index (χ3n) is 4.02. The Morgan fingerprint density at radius 1 is 0.625 bits per heavy atom. The summed E-state index contributed by atoms with van der Waals surface area (Å²) in [5.74, 6) is -2.57. The van der Waals surface area contributed by atoms with Crippen LogP contribution in [0.2, 0.25) is 0 Å². The Morgan fingerprint density at radius 3 is 1.08 bits per heavy atom. The molecule has 0 bridgehead atoms. The molecule has 9 heteroatoms. The molecule has 0 aromatic rings. The minimum Gasteiger partial charge on any atom is -0.481 e. The molecule has 0 heterocycles. The first-order valence-electron chi connectivity index (χ1n) is 8.22. The molecule has 0 aromatic carbocycles. The van der Waals surface area contributed by atoms with Crippen LogP contribution in [-0.4, -0.2) is 71.0 Å². The third kappa shape index (κ3) is 9.43. The van der Waals surface area contributed by atoms with E-state index in [-0.39, 0.29) is 37.4 Å². The van der Waals surface area contributed by atoms with E-state index in [1.165, 1.54) is 0 Å². The van der Waals surface area contributed by atoms with Crippen molar-refractivity contribution in [3.8, 4) is 0 Å². The van der Waals surface area contributed by atoms with Crippen molar-refractivity contribution in [1.29, 1.82) is 0 Å². The van der Waals surface area contributed by atoms with Crippen molar-refractivity contribution in [1.82, 2.24) is 16.0 Å². The molecule has 1 rings (SSSR count). The molecule has 24 heavy (non-hydrogen) atoms. The number of carbonyl (C=O) groups is 3. The van der Waals surface area contributed by atoms with Crippen molar-refractivity contribution in [2.45, 2.75) is 56.7 Å². The van der Waals surface area contributed by atoms with Crippen LogP contribution in [0.3, 0.4) is 0 Å². The van der Waals surface area contributed by atoms with Crippen LogP contribution >= 0.6 is 0 Å². The Labute approximate surface area is 140 Å². The van der Waals surface area contributed by atoms with Gasteiger partial charge in [-0.3, -0.25) is 14.4 Å². The van der Waals surface area contributed by atoms with Crippen LogP contribution in [-0.2, 0) is 14.4 Å². The van der Waals surface area contributed by atoms with Crippen molar-refractivity contribution in [3.05, 3.63) is 0 Å². The van der Waals surface area contributed by atoms with Crippen LogP contribution in [0.4, 0.5) is 0 Å². The van der Waals surface area contributed by atoms with Crippen LogP contribution in [0.15, 0.2) is 0 Å². The second-order valence-electron chi connectivity index (χ2n) is 6.09. The van der Waals surface area contributed by atoms with Crippen LogP contribution in [0, 0.1) is 0 Å². The van der Waals surface area contributed by atoms with E-state index in [1.54, 1.807) is 0 Å². The van der Waals surface area contributed by atoms with Crippen LogP contribution < -0.4 is 16.0 Å². The fraction of sp³-hybridized carbons (Fsp3) is 0.800. The lowest BCUT2D eigenvalue weighted by Gasteiger charge is -2.36. The number of hydrogen-bond acceptors (Lipinski definition) is 6. The number of rotatable bonds is 12. The monoisotopic (exact) mass is 345 g/mol. The van der Waals surface area contributed by atoms with E-state index in [4.69, 9.17) is 15.3 Å². The van der Waals surface area contributed by atoms with Gasteiger partial charge in [0.2, 0.25) is 0 Å². The van der Waals surface area contributed by atoms with Crippen molar-refractivity contribution in [3.63, 3.8) is 0 Å². The van der Waals surface area contributed by atoms with Gasteiger partial charge < -0.3 is 31.3 Å². The van der Waals surface area contributed by atoms with Crippen molar-refractivity contribution >= 4 is 17.9 Å². The molecule has 0 atom stereocenters. The van der Waals surface area contributed by atoms with Gasteiger partial charge in [0, 0.05) is 37.8 Å². The Balaban J connectivity index is 2.45. The van der Waals surface area contributed by atoms with Crippen molar-refractivity contribution < 1.29 is 29.7 Å². The summed E-state index contributed by atoms with van der Waals surface area (Å²) in [5.41, 5.74) is 0. The second-order valence-corrected chi connectivity index (χ2v) is 6.09. The van der Waals surface area contributed by atoms with E-state index in [0.29, 0.717) is 19.6 Å². The first-order valence-corrected chi connectivity index (χ1v) is 8.22. The average Bonchev–Trinajstić information content (AvgIpc) is 2.46. The minimum atomic E-state index is -0.856. The summed E-state index contributed by atoms with van der Waals surface area (Å²) in [5, 5.41) is 35.8. The SMILES string of the molecule is O=C(O)CCNC1CC(NCCC(=O)O)CC(NCCC(=O)O)C1. The fourth-order valence-corrected chi connectivity index (χ4v) is 2.97. The smallest absolute Gasteiger partial charge is 0.304 e. The summed E-state index contributed by atoms with van der Waals surface area (Å²) in [6.07, 6.45) is 2.50. The van der Waals surface area contributed by atoms with Gasteiger partial charge >= 0.3 is 17.9 Å². The molecular weight excluding hydrogens is 318 g/mol. The first kappa shape index (κ1) is 20.3. The Kier molecular flexibility index (Phi) is 9.28. The molecule has 1 fully saturated rings. The predicted molar refractivity (Wildman–Crippen MR) is 86.0 cm³/mol. The maximum atomic E-state index is 10.6. The lowest BCUT2D eigenvalue weighted by molar-refractivity contribution is -0.137. The zero-order chi connectivity index (χ0) is 17.9. The highest BCUT2D eigenvalue weighted by Gasteiger charge is 2.28. The lowest BCUT2D eigenvalue weighted by atomic mass is 9.86. The quantitative estimate of drug-likeness (QED) is 0.274. The van der Waals surface area contributed by atoms with Gasteiger partial charge in [0.1, 0.15) is 0 Å². The highest BCUT2D eigenvalue weighted by atomic mass is 16.4. The van der Waals surface area contributed by atoms with Gasteiger partial charge in [0.15, 0.2) is 0 Å². The molecule has 0 saturated heterocycles. The highest BCUT2D eigenvalue weighted by molar-refractivity contribution is 5.67. The molecule has 0 spiro atoms. The van der Waals surface area contributed by atoms with Crippen molar-refractivity contribution in [2.24, 2.45) is 0 Å². The molecule has 9 nitrogen and oxygen atoms in total. The number of carboxylic acid groups (broad SMARTS) is 3. The fourth-order valence-electron chi connectivity index (χ4n) is 2.97.